The first-order valence-corrected chi connectivity index (χ1v) is 12.7. The third kappa shape index (κ3) is 6.32. The van der Waals surface area contributed by atoms with E-state index >= 15 is 0 Å². The maximum absolute atomic E-state index is 12.5. The first-order chi connectivity index (χ1) is 16.7. The van der Waals surface area contributed by atoms with E-state index in [4.69, 9.17) is 9.72 Å². The summed E-state index contributed by atoms with van der Waals surface area (Å²) >= 11 is 0. The Balaban J connectivity index is 1.28. The second-order valence-corrected chi connectivity index (χ2v) is 10.8. The molecule has 1 N–H and O–H groups in total. The van der Waals surface area contributed by atoms with Crippen LogP contribution in [0.4, 0.5) is 11.5 Å². The molecule has 4 rings (SSSR count). The molecular weight excluding hydrogens is 440 g/mol. The third-order valence-corrected chi connectivity index (χ3v) is 6.78. The minimum atomic E-state index is -0.258. The van der Waals surface area contributed by atoms with E-state index in [2.05, 4.69) is 49.2 Å². The first kappa shape index (κ1) is 25.0. The van der Waals surface area contributed by atoms with Gasteiger partial charge in [0.2, 0.25) is 5.91 Å². The van der Waals surface area contributed by atoms with Crippen molar-refractivity contribution < 1.29 is 14.3 Å². The summed E-state index contributed by atoms with van der Waals surface area (Å²) < 4.78 is 4.99. The normalized spacial score (nSPS) is 15.5. The number of aromatic nitrogens is 1. The van der Waals surface area contributed by atoms with Gasteiger partial charge >= 0.3 is 5.97 Å². The van der Waals surface area contributed by atoms with Gasteiger partial charge in [0.25, 0.3) is 0 Å². The maximum Gasteiger partial charge on any atom is 0.338 e. The van der Waals surface area contributed by atoms with Crippen LogP contribution < -0.4 is 10.2 Å². The van der Waals surface area contributed by atoms with Gasteiger partial charge in [0.15, 0.2) is 0 Å². The molecule has 188 valence electrons. The van der Waals surface area contributed by atoms with Gasteiger partial charge in [-0.05, 0) is 66.0 Å². The Morgan fingerprint density at radius 1 is 1.06 bits per heavy atom. The Hall–Kier alpha value is -3.09. The van der Waals surface area contributed by atoms with E-state index in [0.717, 1.165) is 81.0 Å². The van der Waals surface area contributed by atoms with E-state index < -0.39 is 0 Å². The number of pyridine rings is 1. The number of nitrogens with one attached hydrogen (secondary N) is 1. The number of carbonyl (C=O) groups excluding carboxylic acids is 2. The lowest BCUT2D eigenvalue weighted by molar-refractivity contribution is -0.133. The van der Waals surface area contributed by atoms with E-state index in [-0.39, 0.29) is 17.3 Å². The number of ether oxygens (including phenoxy) is 1. The largest absolute Gasteiger partial charge is 0.465 e. The molecule has 3 heterocycles. The summed E-state index contributed by atoms with van der Waals surface area (Å²) in [6.45, 7) is 10.3. The average Bonchev–Trinajstić information content (AvgIpc) is 3.31. The Labute approximate surface area is 208 Å². The summed E-state index contributed by atoms with van der Waals surface area (Å²) in [4.78, 5) is 33.6. The van der Waals surface area contributed by atoms with E-state index in [1.807, 2.05) is 17.2 Å². The number of hydrogen-bond acceptors (Lipinski definition) is 6. The molecule has 2 aliphatic rings. The summed E-state index contributed by atoms with van der Waals surface area (Å²) in [5.74, 6) is 0.966. The molecule has 0 unspecified atom stereocenters. The molecule has 7 heteroatoms. The van der Waals surface area contributed by atoms with E-state index in [1.54, 1.807) is 0 Å². The van der Waals surface area contributed by atoms with E-state index in [1.165, 1.54) is 12.7 Å². The van der Waals surface area contributed by atoms with Crippen LogP contribution in [0.3, 0.4) is 0 Å². The summed E-state index contributed by atoms with van der Waals surface area (Å²) in [7, 11) is 1.44. The van der Waals surface area contributed by atoms with Gasteiger partial charge in [0.05, 0.1) is 12.7 Å². The first-order valence-electron chi connectivity index (χ1n) is 12.7. The van der Waals surface area contributed by atoms with Gasteiger partial charge in [-0.2, -0.15) is 0 Å². The summed E-state index contributed by atoms with van der Waals surface area (Å²) in [5.41, 5.74) is 5.21. The predicted molar refractivity (Wildman–Crippen MR) is 139 cm³/mol. The Morgan fingerprint density at radius 2 is 1.80 bits per heavy atom. The fourth-order valence-electron chi connectivity index (χ4n) is 4.92. The standard InChI is InChI=1S/C28H38N4O3/c1-28(2,3)18-26(33)32-14-12-31(13-15-32)25-9-8-20(19-30-25)6-5-7-21-16-23(27(34)35-4)22-10-11-29-24(22)17-21/h8-9,16-17,19,29H,5-7,10-15,18H2,1-4H3. The molecule has 1 fully saturated rings. The molecule has 2 aliphatic heterocycles. The lowest BCUT2D eigenvalue weighted by Gasteiger charge is -2.36. The van der Waals surface area contributed by atoms with Crippen LogP contribution in [0.2, 0.25) is 0 Å². The number of esters is 1. The molecular formula is C28H38N4O3. The van der Waals surface area contributed by atoms with Crippen LogP contribution in [0, 0.1) is 5.41 Å². The highest BCUT2D eigenvalue weighted by molar-refractivity contribution is 5.93. The van der Waals surface area contributed by atoms with Crippen molar-refractivity contribution in [3.63, 3.8) is 0 Å². The second-order valence-electron chi connectivity index (χ2n) is 10.8. The minimum absolute atomic E-state index is 0.0205. The van der Waals surface area contributed by atoms with Gasteiger partial charge in [0, 0.05) is 51.0 Å². The number of carbonyl (C=O) groups is 2. The smallest absolute Gasteiger partial charge is 0.338 e. The molecule has 35 heavy (non-hydrogen) atoms. The van der Waals surface area contributed by atoms with Crippen LogP contribution in [0.5, 0.6) is 0 Å². The quantitative estimate of drug-likeness (QED) is 0.604. The number of piperazine rings is 1. The molecule has 0 atom stereocenters. The molecule has 1 saturated heterocycles. The van der Waals surface area contributed by atoms with Gasteiger partial charge in [-0.3, -0.25) is 4.79 Å². The minimum Gasteiger partial charge on any atom is -0.465 e. The van der Waals surface area contributed by atoms with Crippen molar-refractivity contribution in [3.05, 3.63) is 52.7 Å². The number of hydrogen-bond donors (Lipinski definition) is 1. The highest BCUT2D eigenvalue weighted by atomic mass is 16.5. The zero-order valence-corrected chi connectivity index (χ0v) is 21.5. The zero-order chi connectivity index (χ0) is 25.0. The van der Waals surface area contributed by atoms with Crippen LogP contribution in [-0.4, -0.2) is 61.6 Å². The summed E-state index contributed by atoms with van der Waals surface area (Å²) in [6.07, 6.45) is 6.23. The highest BCUT2D eigenvalue weighted by Crippen LogP contribution is 2.29. The monoisotopic (exact) mass is 478 g/mol. The van der Waals surface area contributed by atoms with Crippen molar-refractivity contribution in [3.8, 4) is 0 Å². The SMILES string of the molecule is COC(=O)c1cc(CCCc2ccc(N3CCN(C(=O)CC(C)(C)C)CC3)nc2)cc2c1CCN2. The Morgan fingerprint density at radius 3 is 2.46 bits per heavy atom. The number of benzene rings is 1. The number of amides is 1. The zero-order valence-electron chi connectivity index (χ0n) is 21.5. The van der Waals surface area contributed by atoms with Gasteiger partial charge in [-0.25, -0.2) is 9.78 Å². The number of methoxy groups -OCH3 is 1. The van der Waals surface area contributed by atoms with E-state index in [0.29, 0.717) is 12.0 Å². The fraction of sp³-hybridized carbons (Fsp3) is 0.536. The van der Waals surface area contributed by atoms with Crippen molar-refractivity contribution in [2.45, 2.75) is 52.9 Å². The number of fused-ring (bicyclic) bond motifs is 1. The number of aryl methyl sites for hydroxylation is 2. The fourth-order valence-corrected chi connectivity index (χ4v) is 4.92. The lowest BCUT2D eigenvalue weighted by atomic mass is 9.91. The van der Waals surface area contributed by atoms with Crippen LogP contribution in [0.25, 0.3) is 0 Å². The topological polar surface area (TPSA) is 74.8 Å². The molecule has 0 radical (unpaired) electrons. The van der Waals surface area contributed by atoms with E-state index in [9.17, 15) is 9.59 Å². The number of nitrogens with zero attached hydrogens (tertiary/aromatic N) is 3. The average molecular weight is 479 g/mol. The number of anilines is 2. The van der Waals surface area contributed by atoms with Gasteiger partial charge in [-0.15, -0.1) is 0 Å². The number of rotatable bonds is 7. The van der Waals surface area contributed by atoms with Gasteiger partial charge in [0.1, 0.15) is 5.82 Å². The molecule has 0 saturated carbocycles. The summed E-state index contributed by atoms with van der Waals surface area (Å²) in [6, 6.07) is 8.41. The molecule has 2 aromatic rings. The molecule has 0 bridgehead atoms. The third-order valence-electron chi connectivity index (χ3n) is 6.78. The highest BCUT2D eigenvalue weighted by Gasteiger charge is 2.25. The summed E-state index contributed by atoms with van der Waals surface area (Å²) in [5, 5.41) is 3.38. The van der Waals surface area contributed by atoms with Crippen LogP contribution in [0.15, 0.2) is 30.5 Å². The van der Waals surface area contributed by atoms with Crippen molar-refractivity contribution >= 4 is 23.4 Å². The molecule has 0 spiro atoms. The van der Waals surface area contributed by atoms with Crippen molar-refractivity contribution in [2.75, 3.05) is 50.1 Å². The second kappa shape index (κ2) is 10.7. The molecule has 0 aliphatic carbocycles. The molecule has 1 aromatic carbocycles. The van der Waals surface area contributed by atoms with Crippen molar-refractivity contribution in [1.82, 2.24) is 9.88 Å². The van der Waals surface area contributed by atoms with Crippen LogP contribution in [-0.2, 0) is 28.8 Å². The van der Waals surface area contributed by atoms with Crippen molar-refractivity contribution in [2.24, 2.45) is 5.41 Å². The van der Waals surface area contributed by atoms with Crippen LogP contribution >= 0.6 is 0 Å². The predicted octanol–water partition coefficient (Wildman–Crippen LogP) is 4.10. The molecule has 1 aromatic heterocycles. The lowest BCUT2D eigenvalue weighted by Crippen LogP contribution is -2.49. The Kier molecular flexibility index (Phi) is 7.63. The van der Waals surface area contributed by atoms with Gasteiger partial charge < -0.3 is 19.9 Å². The van der Waals surface area contributed by atoms with Crippen molar-refractivity contribution in [1.29, 1.82) is 0 Å². The van der Waals surface area contributed by atoms with Crippen LogP contribution in [0.1, 0.15) is 60.7 Å². The van der Waals surface area contributed by atoms with Gasteiger partial charge in [-0.1, -0.05) is 26.8 Å². The maximum atomic E-state index is 12.5. The Bertz CT molecular complexity index is 1050. The molecule has 7 nitrogen and oxygen atoms in total. The molecule has 1 amide bonds.